The highest BCUT2D eigenvalue weighted by Crippen LogP contribution is 2.31. The Morgan fingerprint density at radius 3 is 2.33 bits per heavy atom. The molecular formula is C15H15BrF3NS. The summed E-state index contributed by atoms with van der Waals surface area (Å²) in [7, 11) is 0. The molecule has 1 aromatic carbocycles. The number of alkyl halides is 3. The summed E-state index contributed by atoms with van der Waals surface area (Å²) < 4.78 is 38.7. The molecule has 0 amide bonds. The van der Waals surface area contributed by atoms with Crippen molar-refractivity contribution in [3.63, 3.8) is 0 Å². The largest absolute Gasteiger partial charge is 0.416 e. The molecule has 0 fully saturated rings. The average Bonchev–Trinajstić information content (AvgIpc) is 2.84. The molecule has 2 aromatic rings. The van der Waals surface area contributed by atoms with Gasteiger partial charge in [0.15, 0.2) is 0 Å². The van der Waals surface area contributed by atoms with Crippen LogP contribution in [0.1, 0.15) is 29.7 Å². The fraction of sp³-hybridized carbons (Fsp3) is 0.333. The molecule has 0 saturated heterocycles. The lowest BCUT2D eigenvalue weighted by atomic mass is 10.00. The van der Waals surface area contributed by atoms with Crippen molar-refractivity contribution in [3.8, 4) is 0 Å². The Labute approximate surface area is 134 Å². The van der Waals surface area contributed by atoms with Gasteiger partial charge in [0.2, 0.25) is 0 Å². The molecule has 114 valence electrons. The minimum atomic E-state index is -4.28. The SMILES string of the molecule is CCNC(Cc1ccc(C(F)(F)F)cc1)c1cscc1Br. The Balaban J connectivity index is 2.16. The van der Waals surface area contributed by atoms with E-state index in [0.717, 1.165) is 34.3 Å². The van der Waals surface area contributed by atoms with Gasteiger partial charge < -0.3 is 5.32 Å². The van der Waals surface area contributed by atoms with Crippen molar-refractivity contribution < 1.29 is 13.2 Å². The Kier molecular flexibility index (Phi) is 5.46. The van der Waals surface area contributed by atoms with Gasteiger partial charge in [-0.05, 0) is 57.5 Å². The van der Waals surface area contributed by atoms with E-state index >= 15 is 0 Å². The fourth-order valence-corrected chi connectivity index (χ4v) is 3.77. The molecule has 1 aromatic heterocycles. The lowest BCUT2D eigenvalue weighted by Gasteiger charge is -2.18. The van der Waals surface area contributed by atoms with E-state index in [1.807, 2.05) is 12.3 Å². The number of hydrogen-bond acceptors (Lipinski definition) is 2. The summed E-state index contributed by atoms with van der Waals surface area (Å²) in [4.78, 5) is 0. The quantitative estimate of drug-likeness (QED) is 0.732. The third-order valence-electron chi connectivity index (χ3n) is 3.19. The highest BCUT2D eigenvalue weighted by molar-refractivity contribution is 9.10. The van der Waals surface area contributed by atoms with E-state index in [1.54, 1.807) is 23.5 Å². The minimum absolute atomic E-state index is 0.0901. The summed E-state index contributed by atoms with van der Waals surface area (Å²) in [6.07, 6.45) is -3.63. The summed E-state index contributed by atoms with van der Waals surface area (Å²) in [5.41, 5.74) is 1.41. The topological polar surface area (TPSA) is 12.0 Å². The molecule has 1 heterocycles. The van der Waals surface area contributed by atoms with Gasteiger partial charge in [0.25, 0.3) is 0 Å². The molecule has 0 spiro atoms. The molecule has 0 saturated carbocycles. The van der Waals surface area contributed by atoms with Crippen LogP contribution in [-0.2, 0) is 12.6 Å². The molecule has 2 rings (SSSR count). The minimum Gasteiger partial charge on any atom is -0.310 e. The zero-order valence-electron chi connectivity index (χ0n) is 11.4. The van der Waals surface area contributed by atoms with E-state index in [1.165, 1.54) is 0 Å². The van der Waals surface area contributed by atoms with Crippen LogP contribution in [0.2, 0.25) is 0 Å². The number of benzene rings is 1. The third-order valence-corrected chi connectivity index (χ3v) is 4.94. The molecule has 0 aliphatic heterocycles. The molecule has 0 radical (unpaired) electrons. The van der Waals surface area contributed by atoms with Gasteiger partial charge in [-0.2, -0.15) is 24.5 Å². The van der Waals surface area contributed by atoms with E-state index in [-0.39, 0.29) is 6.04 Å². The van der Waals surface area contributed by atoms with Gasteiger partial charge in [-0.15, -0.1) is 0 Å². The van der Waals surface area contributed by atoms with Crippen molar-refractivity contribution >= 4 is 27.3 Å². The first-order chi connectivity index (χ1) is 9.91. The zero-order chi connectivity index (χ0) is 15.5. The monoisotopic (exact) mass is 377 g/mol. The van der Waals surface area contributed by atoms with Crippen LogP contribution in [0, 0.1) is 0 Å². The highest BCUT2D eigenvalue weighted by atomic mass is 79.9. The summed E-state index contributed by atoms with van der Waals surface area (Å²) in [6.45, 7) is 2.81. The second-order valence-corrected chi connectivity index (χ2v) is 6.28. The average molecular weight is 378 g/mol. The molecular weight excluding hydrogens is 363 g/mol. The van der Waals surface area contributed by atoms with Gasteiger partial charge in [0.1, 0.15) is 0 Å². The van der Waals surface area contributed by atoms with Crippen molar-refractivity contribution in [2.45, 2.75) is 25.6 Å². The van der Waals surface area contributed by atoms with Gasteiger partial charge in [0.05, 0.1) is 5.56 Å². The van der Waals surface area contributed by atoms with Crippen LogP contribution in [0.5, 0.6) is 0 Å². The van der Waals surface area contributed by atoms with E-state index in [0.29, 0.717) is 6.42 Å². The van der Waals surface area contributed by atoms with E-state index < -0.39 is 11.7 Å². The van der Waals surface area contributed by atoms with E-state index in [2.05, 4.69) is 26.6 Å². The molecule has 1 N–H and O–H groups in total. The van der Waals surface area contributed by atoms with Crippen LogP contribution in [0.4, 0.5) is 13.2 Å². The summed E-state index contributed by atoms with van der Waals surface area (Å²) in [5.74, 6) is 0. The molecule has 1 nitrogen and oxygen atoms in total. The standard InChI is InChI=1S/C15H15BrF3NS/c1-2-20-14(12-8-21-9-13(12)16)7-10-3-5-11(6-4-10)15(17,18)19/h3-6,8-9,14,20H,2,7H2,1H3. The van der Waals surface area contributed by atoms with Gasteiger partial charge in [-0.3, -0.25) is 0 Å². The maximum atomic E-state index is 12.6. The van der Waals surface area contributed by atoms with Crippen molar-refractivity contribution in [2.24, 2.45) is 0 Å². The summed E-state index contributed by atoms with van der Waals surface area (Å²) >= 11 is 5.11. The van der Waals surface area contributed by atoms with Crippen LogP contribution < -0.4 is 5.32 Å². The first-order valence-electron chi connectivity index (χ1n) is 6.53. The lowest BCUT2D eigenvalue weighted by molar-refractivity contribution is -0.137. The Bertz CT molecular complexity index is 577. The predicted molar refractivity (Wildman–Crippen MR) is 83.6 cm³/mol. The van der Waals surface area contributed by atoms with E-state index in [9.17, 15) is 13.2 Å². The van der Waals surface area contributed by atoms with Crippen molar-refractivity contribution in [3.05, 3.63) is 56.2 Å². The number of likely N-dealkylation sites (N-methyl/N-ethyl adjacent to an activating group) is 1. The number of halogens is 4. The summed E-state index contributed by atoms with van der Waals surface area (Å²) in [6, 6.07) is 5.47. The molecule has 21 heavy (non-hydrogen) atoms. The van der Waals surface area contributed by atoms with Crippen LogP contribution >= 0.6 is 27.3 Å². The van der Waals surface area contributed by atoms with Crippen LogP contribution in [0.3, 0.4) is 0 Å². The molecule has 0 aliphatic carbocycles. The second kappa shape index (κ2) is 6.94. The zero-order valence-corrected chi connectivity index (χ0v) is 13.8. The fourth-order valence-electron chi connectivity index (χ4n) is 2.14. The molecule has 6 heteroatoms. The Hall–Kier alpha value is -0.850. The van der Waals surface area contributed by atoms with Crippen molar-refractivity contribution in [1.82, 2.24) is 5.32 Å². The van der Waals surface area contributed by atoms with Crippen LogP contribution in [0.15, 0.2) is 39.5 Å². The lowest BCUT2D eigenvalue weighted by Crippen LogP contribution is -2.22. The first kappa shape index (κ1) is 16.5. The Morgan fingerprint density at radius 1 is 1.19 bits per heavy atom. The molecule has 1 atom stereocenters. The number of thiophene rings is 1. The Morgan fingerprint density at radius 2 is 1.86 bits per heavy atom. The number of nitrogens with one attached hydrogen (secondary N) is 1. The van der Waals surface area contributed by atoms with Crippen molar-refractivity contribution in [2.75, 3.05) is 6.54 Å². The maximum absolute atomic E-state index is 12.6. The number of rotatable bonds is 5. The number of hydrogen-bond donors (Lipinski definition) is 1. The molecule has 1 unspecified atom stereocenters. The third kappa shape index (κ3) is 4.31. The van der Waals surface area contributed by atoms with Gasteiger partial charge >= 0.3 is 6.18 Å². The normalized spacial score (nSPS) is 13.4. The van der Waals surface area contributed by atoms with Gasteiger partial charge in [0, 0.05) is 15.9 Å². The summed E-state index contributed by atoms with van der Waals surface area (Å²) in [5, 5.41) is 7.44. The first-order valence-corrected chi connectivity index (χ1v) is 8.26. The predicted octanol–water partition coefficient (Wildman–Crippen LogP) is 5.42. The van der Waals surface area contributed by atoms with Crippen LogP contribution in [-0.4, -0.2) is 6.54 Å². The molecule has 0 aliphatic rings. The van der Waals surface area contributed by atoms with Gasteiger partial charge in [-0.1, -0.05) is 19.1 Å². The maximum Gasteiger partial charge on any atom is 0.416 e. The van der Waals surface area contributed by atoms with Crippen LogP contribution in [0.25, 0.3) is 0 Å². The molecule has 0 bridgehead atoms. The second-order valence-electron chi connectivity index (χ2n) is 4.68. The van der Waals surface area contributed by atoms with Crippen molar-refractivity contribution in [1.29, 1.82) is 0 Å². The highest BCUT2D eigenvalue weighted by Gasteiger charge is 2.30. The smallest absolute Gasteiger partial charge is 0.310 e. The van der Waals surface area contributed by atoms with E-state index in [4.69, 9.17) is 0 Å². The van der Waals surface area contributed by atoms with Gasteiger partial charge in [-0.25, -0.2) is 0 Å².